The lowest BCUT2D eigenvalue weighted by molar-refractivity contribution is -0.271. The summed E-state index contributed by atoms with van der Waals surface area (Å²) in [5, 5.41) is 11.0. The van der Waals surface area contributed by atoms with Crippen LogP contribution in [0.2, 0.25) is 0 Å². The third-order valence-corrected chi connectivity index (χ3v) is 5.35. The van der Waals surface area contributed by atoms with Crippen LogP contribution in [0, 0.1) is 12.7 Å². The Morgan fingerprint density at radius 1 is 1.13 bits per heavy atom. The molecule has 0 saturated heterocycles. The quantitative estimate of drug-likeness (QED) is 0.616. The van der Waals surface area contributed by atoms with Crippen molar-refractivity contribution in [3.8, 4) is 0 Å². The summed E-state index contributed by atoms with van der Waals surface area (Å²) >= 11 is 0. The molecule has 1 N–H and O–H groups in total. The number of pyridine rings is 2. The monoisotopic (exact) mass is 422 g/mol. The molecule has 30 heavy (non-hydrogen) atoms. The Bertz CT molecular complexity index is 1140. The second-order valence-corrected chi connectivity index (χ2v) is 8.23. The van der Waals surface area contributed by atoms with Crippen LogP contribution in [0.3, 0.4) is 0 Å². The van der Waals surface area contributed by atoms with E-state index in [1.807, 2.05) is 0 Å². The molecular formula is C22H22F4N2O2. The minimum absolute atomic E-state index is 0.0485. The first-order chi connectivity index (χ1) is 13.8. The molecule has 0 spiro atoms. The third-order valence-electron chi connectivity index (χ3n) is 5.35. The zero-order chi connectivity index (χ0) is 22.3. The van der Waals surface area contributed by atoms with Crippen molar-refractivity contribution in [1.82, 2.24) is 9.55 Å². The van der Waals surface area contributed by atoms with Crippen LogP contribution in [0.5, 0.6) is 0 Å². The molecule has 160 valence electrons. The van der Waals surface area contributed by atoms with Crippen LogP contribution in [0.15, 0.2) is 53.6 Å². The van der Waals surface area contributed by atoms with Gasteiger partial charge < -0.3 is 9.67 Å². The summed E-state index contributed by atoms with van der Waals surface area (Å²) in [6, 6.07) is 8.06. The van der Waals surface area contributed by atoms with Gasteiger partial charge in [-0.2, -0.15) is 13.2 Å². The van der Waals surface area contributed by atoms with Gasteiger partial charge in [0.25, 0.3) is 0 Å². The molecule has 0 aliphatic rings. The molecule has 2 aromatic heterocycles. The van der Waals surface area contributed by atoms with E-state index in [2.05, 4.69) is 4.98 Å². The van der Waals surface area contributed by atoms with Crippen molar-refractivity contribution in [2.24, 2.45) is 0 Å². The third kappa shape index (κ3) is 4.09. The van der Waals surface area contributed by atoms with Crippen molar-refractivity contribution in [2.75, 3.05) is 0 Å². The van der Waals surface area contributed by atoms with E-state index in [0.717, 1.165) is 10.6 Å². The van der Waals surface area contributed by atoms with Gasteiger partial charge in [-0.25, -0.2) is 9.37 Å². The first-order valence-corrected chi connectivity index (χ1v) is 9.34. The van der Waals surface area contributed by atoms with Gasteiger partial charge in [0.1, 0.15) is 11.5 Å². The van der Waals surface area contributed by atoms with Crippen LogP contribution in [-0.4, -0.2) is 26.4 Å². The van der Waals surface area contributed by atoms with E-state index >= 15 is 0 Å². The summed E-state index contributed by atoms with van der Waals surface area (Å²) in [4.78, 5) is 16.0. The van der Waals surface area contributed by atoms with Gasteiger partial charge in [0.05, 0.1) is 11.9 Å². The molecule has 1 atom stereocenters. The maximum atomic E-state index is 14.1. The highest BCUT2D eigenvalue weighted by atomic mass is 19.4. The van der Waals surface area contributed by atoms with Crippen molar-refractivity contribution in [2.45, 2.75) is 50.9 Å². The summed E-state index contributed by atoms with van der Waals surface area (Å²) in [6.07, 6.45) is -3.14. The molecule has 4 nitrogen and oxygen atoms in total. The summed E-state index contributed by atoms with van der Waals surface area (Å²) in [5.41, 5.74) is -3.66. The van der Waals surface area contributed by atoms with Gasteiger partial charge in [0.15, 0.2) is 11.0 Å². The van der Waals surface area contributed by atoms with Gasteiger partial charge in [-0.05, 0) is 54.2 Å². The Labute approximate surface area is 170 Å². The van der Waals surface area contributed by atoms with Crippen molar-refractivity contribution in [3.63, 3.8) is 0 Å². The molecule has 3 aromatic rings. The standard InChI is InChI=1S/C22H22F4N2O2/c1-14-6-7-15(23)11-17(14)20(2,3)12-21(30,22(24,25)26)13-28-10-8-18(29)16-5-4-9-27-19(16)28/h4-11,30H,12-13H2,1-3H3. The van der Waals surface area contributed by atoms with E-state index in [1.165, 1.54) is 56.6 Å². The zero-order valence-corrected chi connectivity index (χ0v) is 16.8. The Morgan fingerprint density at radius 3 is 2.50 bits per heavy atom. The van der Waals surface area contributed by atoms with Gasteiger partial charge in [-0.1, -0.05) is 19.9 Å². The number of hydrogen-bond acceptors (Lipinski definition) is 3. The number of nitrogens with zero attached hydrogens (tertiary/aromatic N) is 2. The molecule has 2 heterocycles. The first-order valence-electron chi connectivity index (χ1n) is 9.34. The zero-order valence-electron chi connectivity index (χ0n) is 16.8. The average Bonchev–Trinajstić information content (AvgIpc) is 2.65. The minimum atomic E-state index is -4.98. The number of aromatic nitrogens is 2. The van der Waals surface area contributed by atoms with Gasteiger partial charge in [-0.3, -0.25) is 4.79 Å². The van der Waals surface area contributed by atoms with Crippen LogP contribution < -0.4 is 5.43 Å². The van der Waals surface area contributed by atoms with E-state index < -0.39 is 36.0 Å². The molecule has 3 rings (SSSR count). The Morgan fingerprint density at radius 2 is 1.83 bits per heavy atom. The summed E-state index contributed by atoms with van der Waals surface area (Å²) in [7, 11) is 0. The molecule has 0 amide bonds. The molecule has 0 bridgehead atoms. The molecule has 1 aromatic carbocycles. The number of aliphatic hydroxyl groups is 1. The van der Waals surface area contributed by atoms with Crippen LogP contribution in [0.1, 0.15) is 31.4 Å². The first kappa shape index (κ1) is 22.0. The molecule has 0 radical (unpaired) electrons. The maximum absolute atomic E-state index is 14.1. The van der Waals surface area contributed by atoms with E-state index in [0.29, 0.717) is 11.1 Å². The topological polar surface area (TPSA) is 55.1 Å². The Hall–Kier alpha value is -2.74. The summed E-state index contributed by atoms with van der Waals surface area (Å²) < 4.78 is 57.1. The number of hydrogen-bond donors (Lipinski definition) is 1. The Kier molecular flexibility index (Phi) is 5.49. The molecule has 0 aliphatic heterocycles. The molecule has 1 unspecified atom stereocenters. The SMILES string of the molecule is Cc1ccc(F)cc1C(C)(C)CC(O)(Cn1ccc(=O)c2cccnc21)C(F)(F)F. The van der Waals surface area contributed by atoms with E-state index in [9.17, 15) is 27.5 Å². The van der Waals surface area contributed by atoms with E-state index in [4.69, 9.17) is 0 Å². The number of aryl methyl sites for hydroxylation is 1. The van der Waals surface area contributed by atoms with E-state index in [1.54, 1.807) is 6.92 Å². The second-order valence-electron chi connectivity index (χ2n) is 8.23. The van der Waals surface area contributed by atoms with Crippen molar-refractivity contribution >= 4 is 11.0 Å². The van der Waals surface area contributed by atoms with Crippen molar-refractivity contribution in [1.29, 1.82) is 0 Å². The number of fused-ring (bicyclic) bond motifs is 1. The van der Waals surface area contributed by atoms with Crippen LogP contribution in [-0.2, 0) is 12.0 Å². The highest BCUT2D eigenvalue weighted by molar-refractivity contribution is 5.74. The van der Waals surface area contributed by atoms with Crippen molar-refractivity contribution in [3.05, 3.63) is 76.0 Å². The largest absolute Gasteiger partial charge is 0.418 e. The lowest BCUT2D eigenvalue weighted by Gasteiger charge is -2.39. The predicted molar refractivity (Wildman–Crippen MR) is 106 cm³/mol. The normalized spacial score (nSPS) is 14.7. The molecule has 0 aliphatic carbocycles. The maximum Gasteiger partial charge on any atom is 0.418 e. The van der Waals surface area contributed by atoms with Crippen molar-refractivity contribution < 1.29 is 22.7 Å². The number of rotatable bonds is 5. The molecule has 8 heteroatoms. The number of alkyl halides is 3. The number of benzene rings is 1. The fourth-order valence-electron chi connectivity index (χ4n) is 3.94. The lowest BCUT2D eigenvalue weighted by Crippen LogP contribution is -2.52. The van der Waals surface area contributed by atoms with Crippen LogP contribution in [0.4, 0.5) is 17.6 Å². The molecule has 0 fully saturated rings. The lowest BCUT2D eigenvalue weighted by atomic mass is 9.73. The molecular weight excluding hydrogens is 400 g/mol. The highest BCUT2D eigenvalue weighted by Gasteiger charge is 2.56. The van der Waals surface area contributed by atoms with Crippen LogP contribution >= 0.6 is 0 Å². The minimum Gasteiger partial charge on any atom is -0.379 e. The summed E-state index contributed by atoms with van der Waals surface area (Å²) in [6.45, 7) is 3.89. The highest BCUT2D eigenvalue weighted by Crippen LogP contribution is 2.43. The fourth-order valence-corrected chi connectivity index (χ4v) is 3.94. The fraction of sp³-hybridized carbons (Fsp3) is 0.364. The summed E-state index contributed by atoms with van der Waals surface area (Å²) in [5.74, 6) is -0.560. The van der Waals surface area contributed by atoms with Gasteiger partial charge in [-0.15, -0.1) is 0 Å². The van der Waals surface area contributed by atoms with Crippen LogP contribution in [0.25, 0.3) is 11.0 Å². The average molecular weight is 422 g/mol. The van der Waals surface area contributed by atoms with Gasteiger partial charge in [0.2, 0.25) is 0 Å². The number of halogens is 4. The smallest absolute Gasteiger partial charge is 0.379 e. The van der Waals surface area contributed by atoms with E-state index in [-0.39, 0.29) is 16.5 Å². The van der Waals surface area contributed by atoms with Gasteiger partial charge >= 0.3 is 6.18 Å². The predicted octanol–water partition coefficient (Wildman–Crippen LogP) is 4.51. The van der Waals surface area contributed by atoms with Gasteiger partial charge in [0, 0.05) is 18.5 Å². The Balaban J connectivity index is 2.07. The molecule has 0 saturated carbocycles. The second kappa shape index (κ2) is 7.50.